The maximum atomic E-state index is 2.50. The molecule has 21 heavy (non-hydrogen) atoms. The van der Waals surface area contributed by atoms with Crippen LogP contribution in [0.3, 0.4) is 0 Å². The van der Waals surface area contributed by atoms with Gasteiger partial charge in [-0.2, -0.15) is 0 Å². The van der Waals surface area contributed by atoms with Gasteiger partial charge in [-0.05, 0) is 36.8 Å². The molecule has 0 unspecified atom stereocenters. The number of fused-ring (bicyclic) bond motifs is 1. The first-order valence-electron chi connectivity index (χ1n) is 8.89. The van der Waals surface area contributed by atoms with Gasteiger partial charge in [0.15, 0.2) is 0 Å². The van der Waals surface area contributed by atoms with Gasteiger partial charge in [0, 0.05) is 23.6 Å². The van der Waals surface area contributed by atoms with E-state index >= 15 is 0 Å². The summed E-state index contributed by atoms with van der Waals surface area (Å²) in [6.45, 7) is 8.06. The Morgan fingerprint density at radius 1 is 0.905 bits per heavy atom. The molecule has 1 heteroatoms. The van der Waals surface area contributed by atoms with Gasteiger partial charge in [-0.1, -0.05) is 64.7 Å². The Labute approximate surface area is 130 Å². The molecular weight excluding hydrogens is 254 g/mol. The van der Waals surface area contributed by atoms with Crippen molar-refractivity contribution >= 4 is 10.9 Å². The van der Waals surface area contributed by atoms with Gasteiger partial charge >= 0.3 is 0 Å². The standard InChI is InChI=1S/C20H31N/c1-4-7-10-15-21-16-19(17(11-5-2)12-6-3)18-13-8-9-14-20(18)21/h8-9,13-14,16-17H,4-7,10-12,15H2,1-3H3. The highest BCUT2D eigenvalue weighted by molar-refractivity contribution is 5.84. The van der Waals surface area contributed by atoms with E-state index in [-0.39, 0.29) is 0 Å². The predicted octanol–water partition coefficient (Wildman–Crippen LogP) is 6.52. The lowest BCUT2D eigenvalue weighted by Crippen LogP contribution is -1.98. The molecule has 1 nitrogen and oxygen atoms in total. The molecule has 0 amide bonds. The average molecular weight is 285 g/mol. The summed E-state index contributed by atoms with van der Waals surface area (Å²) in [5.41, 5.74) is 3.02. The molecule has 0 aliphatic carbocycles. The van der Waals surface area contributed by atoms with Crippen LogP contribution in [0.4, 0.5) is 0 Å². The Morgan fingerprint density at radius 2 is 1.62 bits per heavy atom. The number of aryl methyl sites for hydroxylation is 1. The Balaban J connectivity index is 2.33. The zero-order chi connectivity index (χ0) is 15.1. The lowest BCUT2D eigenvalue weighted by atomic mass is 9.90. The van der Waals surface area contributed by atoms with E-state index in [4.69, 9.17) is 0 Å². The summed E-state index contributed by atoms with van der Waals surface area (Å²) in [4.78, 5) is 0. The van der Waals surface area contributed by atoms with Gasteiger partial charge in [-0.3, -0.25) is 0 Å². The van der Waals surface area contributed by atoms with Crippen LogP contribution in [0.5, 0.6) is 0 Å². The molecule has 0 aliphatic rings. The third-order valence-corrected chi connectivity index (χ3v) is 4.54. The van der Waals surface area contributed by atoms with Crippen LogP contribution >= 0.6 is 0 Å². The Bertz CT molecular complexity index is 532. The Kier molecular flexibility index (Phi) is 6.35. The smallest absolute Gasteiger partial charge is 0.0483 e. The average Bonchev–Trinajstić information content (AvgIpc) is 2.87. The van der Waals surface area contributed by atoms with E-state index in [2.05, 4.69) is 55.8 Å². The van der Waals surface area contributed by atoms with Crippen molar-refractivity contribution in [3.8, 4) is 0 Å². The van der Waals surface area contributed by atoms with Crippen LogP contribution in [0.25, 0.3) is 10.9 Å². The number of hydrogen-bond donors (Lipinski definition) is 0. The number of unbranched alkanes of at least 4 members (excludes halogenated alkanes) is 2. The fraction of sp³-hybridized carbons (Fsp3) is 0.600. The molecule has 2 aromatic rings. The molecule has 1 heterocycles. The first kappa shape index (κ1) is 16.1. The Morgan fingerprint density at radius 3 is 2.29 bits per heavy atom. The van der Waals surface area contributed by atoms with Crippen LogP contribution in [0.2, 0.25) is 0 Å². The van der Waals surface area contributed by atoms with Gasteiger partial charge in [0.05, 0.1) is 0 Å². The van der Waals surface area contributed by atoms with Crippen molar-refractivity contribution in [3.05, 3.63) is 36.0 Å². The number of hydrogen-bond acceptors (Lipinski definition) is 0. The fourth-order valence-corrected chi connectivity index (χ4v) is 3.47. The molecule has 0 N–H and O–H groups in total. The minimum atomic E-state index is 0.734. The number of benzene rings is 1. The molecule has 0 aliphatic heterocycles. The molecule has 0 radical (unpaired) electrons. The van der Waals surface area contributed by atoms with E-state index in [0.717, 1.165) is 5.92 Å². The quantitative estimate of drug-likeness (QED) is 0.462. The molecule has 0 fully saturated rings. The third-order valence-electron chi connectivity index (χ3n) is 4.54. The van der Waals surface area contributed by atoms with Gasteiger partial charge < -0.3 is 4.57 Å². The summed E-state index contributed by atoms with van der Waals surface area (Å²) >= 11 is 0. The summed E-state index contributed by atoms with van der Waals surface area (Å²) < 4.78 is 2.50. The molecule has 1 aromatic heterocycles. The first-order chi connectivity index (χ1) is 10.3. The topological polar surface area (TPSA) is 4.93 Å². The van der Waals surface area contributed by atoms with Crippen LogP contribution in [0, 0.1) is 0 Å². The van der Waals surface area contributed by atoms with Crippen molar-refractivity contribution in [2.24, 2.45) is 0 Å². The summed E-state index contributed by atoms with van der Waals surface area (Å²) in [7, 11) is 0. The predicted molar refractivity (Wildman–Crippen MR) is 94.0 cm³/mol. The highest BCUT2D eigenvalue weighted by atomic mass is 15.0. The second-order valence-corrected chi connectivity index (χ2v) is 6.28. The minimum Gasteiger partial charge on any atom is -0.347 e. The zero-order valence-corrected chi connectivity index (χ0v) is 14.1. The van der Waals surface area contributed by atoms with E-state index in [1.165, 1.54) is 62.4 Å². The SMILES string of the molecule is CCCCCn1cc(C(CCC)CCC)c2ccccc21. The molecule has 2 rings (SSSR count). The third kappa shape index (κ3) is 3.90. The van der Waals surface area contributed by atoms with Crippen molar-refractivity contribution < 1.29 is 0 Å². The van der Waals surface area contributed by atoms with Crippen LogP contribution in [-0.4, -0.2) is 4.57 Å². The summed E-state index contributed by atoms with van der Waals surface area (Å²) in [6.07, 6.45) is 11.6. The number of nitrogens with zero attached hydrogens (tertiary/aromatic N) is 1. The molecule has 116 valence electrons. The van der Waals surface area contributed by atoms with E-state index in [1.54, 1.807) is 5.56 Å². The number of rotatable bonds is 9. The number of aromatic nitrogens is 1. The maximum Gasteiger partial charge on any atom is 0.0483 e. The lowest BCUT2D eigenvalue weighted by molar-refractivity contribution is 0.558. The molecule has 0 bridgehead atoms. The monoisotopic (exact) mass is 285 g/mol. The molecule has 1 aromatic carbocycles. The van der Waals surface area contributed by atoms with Crippen molar-refractivity contribution in [3.63, 3.8) is 0 Å². The summed E-state index contributed by atoms with van der Waals surface area (Å²) in [5, 5.41) is 1.49. The zero-order valence-electron chi connectivity index (χ0n) is 14.1. The fourth-order valence-electron chi connectivity index (χ4n) is 3.47. The van der Waals surface area contributed by atoms with Crippen molar-refractivity contribution in [2.45, 2.75) is 78.2 Å². The van der Waals surface area contributed by atoms with Crippen LogP contribution < -0.4 is 0 Å². The van der Waals surface area contributed by atoms with Gasteiger partial charge in [0.25, 0.3) is 0 Å². The first-order valence-corrected chi connectivity index (χ1v) is 8.89. The number of para-hydroxylation sites is 1. The highest BCUT2D eigenvalue weighted by Crippen LogP contribution is 2.33. The van der Waals surface area contributed by atoms with E-state index in [0.29, 0.717) is 0 Å². The largest absolute Gasteiger partial charge is 0.347 e. The highest BCUT2D eigenvalue weighted by Gasteiger charge is 2.16. The van der Waals surface area contributed by atoms with Crippen molar-refractivity contribution in [1.82, 2.24) is 4.57 Å². The molecule has 0 atom stereocenters. The van der Waals surface area contributed by atoms with Gasteiger partial charge in [-0.25, -0.2) is 0 Å². The van der Waals surface area contributed by atoms with E-state index in [9.17, 15) is 0 Å². The molecular formula is C20H31N. The van der Waals surface area contributed by atoms with E-state index < -0.39 is 0 Å². The minimum absolute atomic E-state index is 0.734. The summed E-state index contributed by atoms with van der Waals surface area (Å²) in [5.74, 6) is 0.734. The van der Waals surface area contributed by atoms with Crippen LogP contribution in [0.15, 0.2) is 30.5 Å². The van der Waals surface area contributed by atoms with Gasteiger partial charge in [0.2, 0.25) is 0 Å². The van der Waals surface area contributed by atoms with Crippen LogP contribution in [-0.2, 0) is 6.54 Å². The normalized spacial score (nSPS) is 11.6. The molecule has 0 spiro atoms. The van der Waals surface area contributed by atoms with E-state index in [1.807, 2.05) is 0 Å². The second-order valence-electron chi connectivity index (χ2n) is 6.28. The van der Waals surface area contributed by atoms with Gasteiger partial charge in [0.1, 0.15) is 0 Å². The van der Waals surface area contributed by atoms with Crippen molar-refractivity contribution in [2.75, 3.05) is 0 Å². The van der Waals surface area contributed by atoms with Crippen molar-refractivity contribution in [1.29, 1.82) is 0 Å². The molecule has 0 saturated heterocycles. The Hall–Kier alpha value is -1.24. The lowest BCUT2D eigenvalue weighted by Gasteiger charge is -2.14. The summed E-state index contributed by atoms with van der Waals surface area (Å²) in [6, 6.07) is 8.98. The second kappa shape index (κ2) is 8.26. The van der Waals surface area contributed by atoms with Gasteiger partial charge in [-0.15, -0.1) is 0 Å². The van der Waals surface area contributed by atoms with Crippen LogP contribution in [0.1, 0.15) is 77.2 Å². The maximum absolute atomic E-state index is 2.50. The molecule has 0 saturated carbocycles.